The third-order valence-electron chi connectivity index (χ3n) is 5.27. The summed E-state index contributed by atoms with van der Waals surface area (Å²) in [4.78, 5) is 0. The Balaban J connectivity index is 1.72. The standard InChI is InChI=1S/C25H18O/c26-24-15-14-18(16-23(24)17-8-2-1-3-9-17)25-21-12-6-4-10-19(21)20-11-5-7-13-22(20)25/h1-16,25-26H. The second-order valence-corrected chi connectivity index (χ2v) is 6.75. The SMILES string of the molecule is Oc1ccc(C2c3ccccc3-c3ccccc32)cc1-c1ccccc1. The first-order valence-corrected chi connectivity index (χ1v) is 8.89. The Bertz CT molecular complexity index is 1050. The van der Waals surface area contributed by atoms with E-state index in [0.29, 0.717) is 5.75 Å². The first-order chi connectivity index (χ1) is 12.8. The van der Waals surface area contributed by atoms with Crippen LogP contribution in [-0.2, 0) is 0 Å². The highest BCUT2D eigenvalue weighted by atomic mass is 16.3. The molecule has 0 bridgehead atoms. The molecule has 0 heterocycles. The zero-order valence-corrected chi connectivity index (χ0v) is 14.3. The van der Waals surface area contributed by atoms with Crippen molar-refractivity contribution < 1.29 is 5.11 Å². The summed E-state index contributed by atoms with van der Waals surface area (Å²) in [5.74, 6) is 0.518. The van der Waals surface area contributed by atoms with Gasteiger partial charge in [0, 0.05) is 11.5 Å². The number of hydrogen-bond donors (Lipinski definition) is 1. The second kappa shape index (κ2) is 5.89. The minimum Gasteiger partial charge on any atom is -0.507 e. The van der Waals surface area contributed by atoms with E-state index in [9.17, 15) is 5.11 Å². The van der Waals surface area contributed by atoms with Crippen LogP contribution in [0, 0.1) is 0 Å². The average Bonchev–Trinajstić information content (AvgIpc) is 3.04. The van der Waals surface area contributed by atoms with Gasteiger partial charge in [-0.05, 0) is 45.5 Å². The molecule has 1 N–H and O–H groups in total. The lowest BCUT2D eigenvalue weighted by molar-refractivity contribution is 0.477. The van der Waals surface area contributed by atoms with Crippen molar-refractivity contribution in [1.82, 2.24) is 0 Å². The Morgan fingerprint density at radius 2 is 1.12 bits per heavy atom. The van der Waals surface area contributed by atoms with Gasteiger partial charge in [0.1, 0.15) is 5.75 Å². The number of rotatable bonds is 2. The molecule has 124 valence electrons. The molecule has 0 saturated heterocycles. The van der Waals surface area contributed by atoms with E-state index < -0.39 is 0 Å². The molecule has 0 unspecified atom stereocenters. The van der Waals surface area contributed by atoms with Crippen molar-refractivity contribution in [3.05, 3.63) is 114 Å². The van der Waals surface area contributed by atoms with Crippen LogP contribution in [0.3, 0.4) is 0 Å². The lowest BCUT2D eigenvalue weighted by Crippen LogP contribution is -1.99. The fourth-order valence-electron chi connectivity index (χ4n) is 4.10. The highest BCUT2D eigenvalue weighted by molar-refractivity contribution is 5.81. The number of phenols is 1. The van der Waals surface area contributed by atoms with Gasteiger partial charge in [-0.3, -0.25) is 0 Å². The Kier molecular flexibility index (Phi) is 3.39. The van der Waals surface area contributed by atoms with Gasteiger partial charge in [-0.2, -0.15) is 0 Å². The Hall–Kier alpha value is -3.32. The van der Waals surface area contributed by atoms with Crippen molar-refractivity contribution >= 4 is 0 Å². The molecule has 1 aliphatic carbocycles. The zero-order chi connectivity index (χ0) is 17.5. The maximum Gasteiger partial charge on any atom is 0.123 e. The highest BCUT2D eigenvalue weighted by Crippen LogP contribution is 2.48. The molecule has 4 aromatic rings. The first kappa shape index (κ1) is 15.0. The van der Waals surface area contributed by atoms with Crippen molar-refractivity contribution in [2.75, 3.05) is 0 Å². The van der Waals surface area contributed by atoms with Gasteiger partial charge in [0.25, 0.3) is 0 Å². The fraction of sp³-hybridized carbons (Fsp3) is 0.0400. The lowest BCUT2D eigenvalue weighted by Gasteiger charge is -2.16. The van der Waals surface area contributed by atoms with Crippen LogP contribution in [-0.4, -0.2) is 5.11 Å². The molecule has 0 fully saturated rings. The molecule has 0 spiro atoms. The van der Waals surface area contributed by atoms with Crippen LogP contribution in [0.1, 0.15) is 22.6 Å². The summed E-state index contributed by atoms with van der Waals surface area (Å²) >= 11 is 0. The Morgan fingerprint density at radius 1 is 0.538 bits per heavy atom. The predicted molar refractivity (Wildman–Crippen MR) is 106 cm³/mol. The van der Waals surface area contributed by atoms with E-state index in [4.69, 9.17) is 0 Å². The van der Waals surface area contributed by atoms with Crippen molar-refractivity contribution in [2.45, 2.75) is 5.92 Å². The minimum atomic E-state index is 0.200. The summed E-state index contributed by atoms with van der Waals surface area (Å²) in [6.07, 6.45) is 0. The van der Waals surface area contributed by atoms with E-state index in [1.165, 1.54) is 27.8 Å². The zero-order valence-electron chi connectivity index (χ0n) is 14.3. The monoisotopic (exact) mass is 334 g/mol. The van der Waals surface area contributed by atoms with Crippen molar-refractivity contribution in [1.29, 1.82) is 0 Å². The molecule has 5 rings (SSSR count). The normalized spacial score (nSPS) is 12.6. The highest BCUT2D eigenvalue weighted by Gasteiger charge is 2.29. The fourth-order valence-corrected chi connectivity index (χ4v) is 4.10. The van der Waals surface area contributed by atoms with Gasteiger partial charge in [-0.25, -0.2) is 0 Å². The lowest BCUT2D eigenvalue weighted by atomic mass is 9.87. The summed E-state index contributed by atoms with van der Waals surface area (Å²) in [7, 11) is 0. The van der Waals surface area contributed by atoms with Gasteiger partial charge in [-0.1, -0.05) is 84.9 Å². The van der Waals surface area contributed by atoms with Gasteiger partial charge in [0.05, 0.1) is 0 Å². The summed E-state index contributed by atoms with van der Waals surface area (Å²) < 4.78 is 0. The molecule has 0 aliphatic heterocycles. The minimum absolute atomic E-state index is 0.200. The largest absolute Gasteiger partial charge is 0.507 e. The third-order valence-corrected chi connectivity index (χ3v) is 5.27. The van der Waals surface area contributed by atoms with Crippen LogP contribution in [0.15, 0.2) is 97.1 Å². The van der Waals surface area contributed by atoms with Crippen molar-refractivity contribution in [3.63, 3.8) is 0 Å². The van der Waals surface area contributed by atoms with Gasteiger partial charge >= 0.3 is 0 Å². The molecular weight excluding hydrogens is 316 g/mol. The second-order valence-electron chi connectivity index (χ2n) is 6.75. The van der Waals surface area contributed by atoms with Crippen LogP contribution in [0.25, 0.3) is 22.3 Å². The molecular formula is C25H18O. The summed E-state index contributed by atoms with van der Waals surface area (Å²) in [6, 6.07) is 33.3. The van der Waals surface area contributed by atoms with Crippen LogP contribution >= 0.6 is 0 Å². The maximum absolute atomic E-state index is 10.4. The molecule has 0 atom stereocenters. The van der Waals surface area contributed by atoms with E-state index >= 15 is 0 Å². The molecule has 4 aromatic carbocycles. The first-order valence-electron chi connectivity index (χ1n) is 8.89. The number of fused-ring (bicyclic) bond motifs is 3. The number of aromatic hydroxyl groups is 1. The number of benzene rings is 4. The van der Waals surface area contributed by atoms with E-state index in [1.54, 1.807) is 0 Å². The Labute approximate surface area is 153 Å². The predicted octanol–water partition coefficient (Wildman–Crippen LogP) is 6.22. The summed E-state index contributed by atoms with van der Waals surface area (Å²) in [5.41, 5.74) is 8.40. The Morgan fingerprint density at radius 3 is 1.77 bits per heavy atom. The molecule has 1 nitrogen and oxygen atoms in total. The van der Waals surface area contributed by atoms with Gasteiger partial charge in [0.2, 0.25) is 0 Å². The van der Waals surface area contributed by atoms with E-state index in [1.807, 2.05) is 42.5 Å². The topological polar surface area (TPSA) is 20.2 Å². The molecule has 0 radical (unpaired) electrons. The van der Waals surface area contributed by atoms with Crippen molar-refractivity contribution in [2.24, 2.45) is 0 Å². The van der Waals surface area contributed by atoms with Crippen LogP contribution in [0.2, 0.25) is 0 Å². The molecule has 0 saturated carbocycles. The van der Waals surface area contributed by atoms with Gasteiger partial charge in [-0.15, -0.1) is 0 Å². The summed E-state index contributed by atoms with van der Waals surface area (Å²) in [6.45, 7) is 0. The molecule has 1 heteroatoms. The molecule has 0 aromatic heterocycles. The van der Waals surface area contributed by atoms with Gasteiger partial charge < -0.3 is 5.11 Å². The molecule has 26 heavy (non-hydrogen) atoms. The molecule has 1 aliphatic rings. The smallest absolute Gasteiger partial charge is 0.123 e. The van der Waals surface area contributed by atoms with E-state index in [0.717, 1.165) is 11.1 Å². The van der Waals surface area contributed by atoms with Crippen molar-refractivity contribution in [3.8, 4) is 28.0 Å². The average molecular weight is 334 g/mol. The quantitative estimate of drug-likeness (QED) is 0.406. The number of phenolic OH excluding ortho intramolecular Hbond substituents is 1. The van der Waals surface area contributed by atoms with E-state index in [-0.39, 0.29) is 5.92 Å². The van der Waals surface area contributed by atoms with Crippen LogP contribution in [0.4, 0.5) is 0 Å². The molecule has 0 amide bonds. The van der Waals surface area contributed by atoms with Gasteiger partial charge in [0.15, 0.2) is 0 Å². The summed E-state index contributed by atoms with van der Waals surface area (Å²) in [5, 5.41) is 10.4. The maximum atomic E-state index is 10.4. The third kappa shape index (κ3) is 2.25. The van der Waals surface area contributed by atoms with Crippen LogP contribution < -0.4 is 0 Å². The van der Waals surface area contributed by atoms with E-state index in [2.05, 4.69) is 54.6 Å². The van der Waals surface area contributed by atoms with Crippen LogP contribution in [0.5, 0.6) is 5.75 Å². The number of hydrogen-bond acceptors (Lipinski definition) is 1.